The van der Waals surface area contributed by atoms with E-state index in [4.69, 9.17) is 0 Å². The summed E-state index contributed by atoms with van der Waals surface area (Å²) >= 11 is 0. The third-order valence-corrected chi connectivity index (χ3v) is 9.76. The number of aromatic nitrogens is 2. The fraction of sp³-hybridized carbons (Fsp3) is 0.312. The largest absolute Gasteiger partial charge is 0.337 e. The Hall–Kier alpha value is -3.82. The van der Waals surface area contributed by atoms with Crippen LogP contribution in [0.1, 0.15) is 59.3 Å². The first-order valence-corrected chi connectivity index (χ1v) is 15.4. The molecule has 41 heavy (non-hydrogen) atoms. The molecular weight excluding hydrogens is 539 g/mol. The minimum atomic E-state index is -3.73. The number of fused-ring (bicyclic) bond motifs is 1. The van der Waals surface area contributed by atoms with Crippen LogP contribution in [0.2, 0.25) is 0 Å². The number of amides is 1. The van der Waals surface area contributed by atoms with Gasteiger partial charge < -0.3 is 9.47 Å². The number of sulfonamides is 1. The maximum absolute atomic E-state index is 14.0. The second-order valence-corrected chi connectivity index (χ2v) is 12.9. The Morgan fingerprint density at radius 2 is 1.85 bits per heavy atom. The molecule has 1 heterocycles. The highest BCUT2D eigenvalue weighted by atomic mass is 32.2. The van der Waals surface area contributed by atoms with E-state index in [1.807, 2.05) is 42.9 Å². The van der Waals surface area contributed by atoms with Crippen LogP contribution in [0, 0.1) is 18.7 Å². The number of halogens is 1. The summed E-state index contributed by atoms with van der Waals surface area (Å²) < 4.78 is 44.9. The quantitative estimate of drug-likeness (QED) is 0.300. The topological polar surface area (TPSA) is 84.3 Å². The SMILES string of the molecule is Cc1ccc(S(=O)(=O)N[C@@H]2CCCc3ccc(N(Cc4nccn4C)C(=O)[C@H]4C[C@H]4c4ccc(F)cc4)cc32)cc1. The van der Waals surface area contributed by atoms with E-state index >= 15 is 0 Å². The van der Waals surface area contributed by atoms with Gasteiger partial charge in [0, 0.05) is 37.1 Å². The number of nitrogens with zero attached hydrogens (tertiary/aromatic N) is 3. The molecule has 2 aliphatic carbocycles. The van der Waals surface area contributed by atoms with Gasteiger partial charge in [-0.15, -0.1) is 0 Å². The number of carbonyl (C=O) groups is 1. The Balaban J connectivity index is 1.31. The highest BCUT2D eigenvalue weighted by Crippen LogP contribution is 2.49. The Bertz CT molecular complexity index is 1680. The molecule has 1 saturated carbocycles. The van der Waals surface area contributed by atoms with Crippen LogP contribution in [-0.4, -0.2) is 23.9 Å². The molecule has 6 rings (SSSR count). The van der Waals surface area contributed by atoms with E-state index in [1.165, 1.54) is 12.1 Å². The number of nitrogens with one attached hydrogen (secondary N) is 1. The van der Waals surface area contributed by atoms with Gasteiger partial charge in [0.2, 0.25) is 15.9 Å². The monoisotopic (exact) mass is 572 g/mol. The number of hydrogen-bond donors (Lipinski definition) is 1. The maximum atomic E-state index is 14.0. The number of imidazole rings is 1. The second-order valence-electron chi connectivity index (χ2n) is 11.1. The summed E-state index contributed by atoms with van der Waals surface area (Å²) in [5, 5.41) is 0. The lowest BCUT2D eigenvalue weighted by atomic mass is 9.87. The van der Waals surface area contributed by atoms with Crippen molar-refractivity contribution < 1.29 is 17.6 Å². The molecule has 9 heteroatoms. The third-order valence-electron chi connectivity index (χ3n) is 8.28. The van der Waals surface area contributed by atoms with Gasteiger partial charge in [0.15, 0.2) is 0 Å². The van der Waals surface area contributed by atoms with E-state index in [-0.39, 0.29) is 35.0 Å². The predicted octanol–water partition coefficient (Wildman–Crippen LogP) is 5.56. The highest BCUT2D eigenvalue weighted by molar-refractivity contribution is 7.89. The number of aryl methyl sites for hydroxylation is 3. The summed E-state index contributed by atoms with van der Waals surface area (Å²) in [7, 11) is -1.84. The average Bonchev–Trinajstić information content (AvgIpc) is 3.66. The van der Waals surface area contributed by atoms with Crippen LogP contribution in [0.3, 0.4) is 0 Å². The van der Waals surface area contributed by atoms with Crippen LogP contribution in [0.5, 0.6) is 0 Å². The lowest BCUT2D eigenvalue weighted by Gasteiger charge is -2.29. The van der Waals surface area contributed by atoms with Gasteiger partial charge in [-0.05, 0) is 91.6 Å². The minimum absolute atomic E-state index is 0.0186. The molecule has 1 amide bonds. The van der Waals surface area contributed by atoms with Crippen molar-refractivity contribution in [2.45, 2.75) is 56.0 Å². The van der Waals surface area contributed by atoms with Gasteiger partial charge in [-0.25, -0.2) is 22.5 Å². The fourth-order valence-electron chi connectivity index (χ4n) is 5.78. The first-order valence-electron chi connectivity index (χ1n) is 13.9. The van der Waals surface area contributed by atoms with E-state index in [0.717, 1.165) is 40.9 Å². The maximum Gasteiger partial charge on any atom is 0.241 e. The van der Waals surface area contributed by atoms with Crippen molar-refractivity contribution in [1.29, 1.82) is 0 Å². The van der Waals surface area contributed by atoms with Crippen LogP contribution >= 0.6 is 0 Å². The molecule has 0 saturated heterocycles. The van der Waals surface area contributed by atoms with E-state index in [1.54, 1.807) is 47.5 Å². The average molecular weight is 573 g/mol. The molecule has 4 aromatic rings. The highest BCUT2D eigenvalue weighted by Gasteiger charge is 2.46. The van der Waals surface area contributed by atoms with Crippen LogP contribution in [-0.2, 0) is 34.8 Å². The van der Waals surface area contributed by atoms with Crippen LogP contribution < -0.4 is 9.62 Å². The molecule has 7 nitrogen and oxygen atoms in total. The van der Waals surface area contributed by atoms with Gasteiger partial charge in [0.05, 0.1) is 11.4 Å². The van der Waals surface area contributed by atoms with E-state index < -0.39 is 16.1 Å². The Labute approximate surface area is 240 Å². The zero-order chi connectivity index (χ0) is 28.7. The number of carbonyl (C=O) groups excluding carboxylic acids is 1. The van der Waals surface area contributed by atoms with Crippen molar-refractivity contribution in [3.05, 3.63) is 113 Å². The zero-order valence-electron chi connectivity index (χ0n) is 23.1. The molecule has 3 aromatic carbocycles. The van der Waals surface area contributed by atoms with Crippen molar-refractivity contribution in [3.63, 3.8) is 0 Å². The summed E-state index contributed by atoms with van der Waals surface area (Å²) in [6.07, 6.45) is 6.64. The molecule has 1 N–H and O–H groups in total. The van der Waals surface area contributed by atoms with Gasteiger partial charge in [0.1, 0.15) is 11.6 Å². The lowest BCUT2D eigenvalue weighted by Crippen LogP contribution is -2.34. The first kappa shape index (κ1) is 27.4. The fourth-order valence-corrected chi connectivity index (χ4v) is 7.03. The van der Waals surface area contributed by atoms with Crippen molar-refractivity contribution in [1.82, 2.24) is 14.3 Å². The molecule has 0 radical (unpaired) electrons. The van der Waals surface area contributed by atoms with Crippen molar-refractivity contribution >= 4 is 21.6 Å². The molecule has 212 valence electrons. The first-order chi connectivity index (χ1) is 19.7. The van der Waals surface area contributed by atoms with Gasteiger partial charge in [-0.2, -0.15) is 0 Å². The smallest absolute Gasteiger partial charge is 0.241 e. The van der Waals surface area contributed by atoms with Crippen molar-refractivity contribution in [3.8, 4) is 0 Å². The number of benzene rings is 3. The molecule has 2 aliphatic rings. The summed E-state index contributed by atoms with van der Waals surface area (Å²) in [4.78, 5) is 20.4. The predicted molar refractivity (Wildman–Crippen MR) is 155 cm³/mol. The lowest BCUT2D eigenvalue weighted by molar-refractivity contribution is -0.120. The minimum Gasteiger partial charge on any atom is -0.337 e. The van der Waals surface area contributed by atoms with E-state index in [9.17, 15) is 17.6 Å². The Morgan fingerprint density at radius 1 is 1.10 bits per heavy atom. The Morgan fingerprint density at radius 3 is 2.56 bits per heavy atom. The van der Waals surface area contributed by atoms with Crippen molar-refractivity contribution in [2.24, 2.45) is 13.0 Å². The Kier molecular flexibility index (Phi) is 7.25. The summed E-state index contributed by atoms with van der Waals surface area (Å²) in [6.45, 7) is 2.21. The van der Waals surface area contributed by atoms with Crippen LogP contribution in [0.4, 0.5) is 10.1 Å². The summed E-state index contributed by atoms with van der Waals surface area (Å²) in [6, 6.07) is 18.7. The molecule has 0 unspecified atom stereocenters. The van der Waals surface area contributed by atoms with E-state index in [2.05, 4.69) is 9.71 Å². The third kappa shape index (κ3) is 5.69. The number of rotatable bonds is 8. The number of anilines is 1. The van der Waals surface area contributed by atoms with Crippen molar-refractivity contribution in [2.75, 3.05) is 4.90 Å². The normalized spacial score (nSPS) is 19.9. The van der Waals surface area contributed by atoms with Crippen LogP contribution in [0.15, 0.2) is 84.0 Å². The van der Waals surface area contributed by atoms with Gasteiger partial charge in [0.25, 0.3) is 0 Å². The van der Waals surface area contributed by atoms with Gasteiger partial charge in [-0.3, -0.25) is 4.79 Å². The standard InChI is InChI=1S/C32H33FN4O3S/c1-21-6-14-26(15-7-21)41(39,40)35-30-5-3-4-22-10-13-25(18-28(22)30)37(20-31-34-16-17-36(31)2)32(38)29-19-27(29)23-8-11-24(33)12-9-23/h6-18,27,29-30,35H,3-5,19-20H2,1-2H3/t27-,29-,30+/m0/s1. The molecule has 1 aromatic heterocycles. The summed E-state index contributed by atoms with van der Waals surface area (Å²) in [5.41, 5.74) is 4.64. The zero-order valence-corrected chi connectivity index (χ0v) is 23.9. The molecule has 3 atom stereocenters. The van der Waals surface area contributed by atoms with Crippen LogP contribution in [0.25, 0.3) is 0 Å². The number of hydrogen-bond acceptors (Lipinski definition) is 4. The van der Waals surface area contributed by atoms with Gasteiger partial charge in [-0.1, -0.05) is 35.9 Å². The molecule has 1 fully saturated rings. The molecular formula is C32H33FN4O3S. The molecule has 0 spiro atoms. The van der Waals surface area contributed by atoms with Gasteiger partial charge >= 0.3 is 0 Å². The molecule has 0 bridgehead atoms. The molecule has 0 aliphatic heterocycles. The van der Waals surface area contributed by atoms with E-state index in [0.29, 0.717) is 18.5 Å². The summed E-state index contributed by atoms with van der Waals surface area (Å²) in [5.74, 6) is 0.253. The second kappa shape index (κ2) is 10.9.